The van der Waals surface area contributed by atoms with Gasteiger partial charge in [0.15, 0.2) is 5.82 Å². The second-order valence-corrected chi connectivity index (χ2v) is 9.62. The molecule has 6 rings (SSSR count). The van der Waals surface area contributed by atoms with Gasteiger partial charge in [0.25, 0.3) is 0 Å². The van der Waals surface area contributed by atoms with Crippen molar-refractivity contribution in [1.82, 2.24) is 40.0 Å². The van der Waals surface area contributed by atoms with Gasteiger partial charge in [0.1, 0.15) is 11.5 Å². The van der Waals surface area contributed by atoms with Gasteiger partial charge < -0.3 is 15.2 Å². The van der Waals surface area contributed by atoms with E-state index in [0.717, 1.165) is 27.6 Å². The number of halogens is 1. The zero-order chi connectivity index (χ0) is 27.1. The third-order valence-corrected chi connectivity index (χ3v) is 6.20. The van der Waals surface area contributed by atoms with Gasteiger partial charge >= 0.3 is 0 Å². The van der Waals surface area contributed by atoms with Crippen LogP contribution in [0.3, 0.4) is 0 Å². The number of pyridine rings is 3. The summed E-state index contributed by atoms with van der Waals surface area (Å²) in [5.74, 6) is 0.0946. The highest BCUT2D eigenvalue weighted by molar-refractivity contribution is 5.97. The first-order chi connectivity index (χ1) is 18.8. The maximum absolute atomic E-state index is 14.1. The molecule has 0 saturated heterocycles. The fourth-order valence-corrected chi connectivity index (χ4v) is 4.54. The van der Waals surface area contributed by atoms with Crippen LogP contribution in [-0.2, 0) is 4.79 Å². The molecule has 1 amide bonds. The number of aromatic nitrogens is 7. The van der Waals surface area contributed by atoms with Crippen molar-refractivity contribution < 1.29 is 9.18 Å². The highest BCUT2D eigenvalue weighted by Crippen LogP contribution is 2.32. The maximum Gasteiger partial charge on any atom is 0.238 e. The van der Waals surface area contributed by atoms with Crippen molar-refractivity contribution in [2.45, 2.75) is 6.92 Å². The Balaban J connectivity index is 1.39. The molecule has 0 fully saturated rings. The van der Waals surface area contributed by atoms with Crippen LogP contribution >= 0.6 is 0 Å². The lowest BCUT2D eigenvalue weighted by Gasteiger charge is -2.10. The first-order valence-corrected chi connectivity index (χ1v) is 12.2. The van der Waals surface area contributed by atoms with Crippen LogP contribution in [0.15, 0.2) is 61.3 Å². The van der Waals surface area contributed by atoms with Gasteiger partial charge in [0, 0.05) is 28.9 Å². The molecule has 0 radical (unpaired) electrons. The number of anilines is 1. The summed E-state index contributed by atoms with van der Waals surface area (Å²) >= 11 is 0. The van der Waals surface area contributed by atoms with Gasteiger partial charge in [-0.2, -0.15) is 5.10 Å². The molecule has 0 spiro atoms. The Labute approximate surface area is 222 Å². The number of aromatic amines is 2. The zero-order valence-corrected chi connectivity index (χ0v) is 21.5. The molecule has 6 aromatic rings. The van der Waals surface area contributed by atoms with Crippen molar-refractivity contribution in [3.63, 3.8) is 0 Å². The minimum absolute atomic E-state index is 0.133. The van der Waals surface area contributed by atoms with Gasteiger partial charge in [-0.1, -0.05) is 6.07 Å². The molecular formula is C28H24FN9O. The number of carbonyl (C=O) groups is 1. The Bertz CT molecular complexity index is 1840. The number of amides is 1. The SMILES string of the molecule is Cc1cc(F)cc(-c2cncc3[nH]c(-c4n[nH]c5cnc(-c6cncc(NC(=O)CN(C)C)c6)cc45)nc23)c1. The Morgan fingerprint density at radius 1 is 0.974 bits per heavy atom. The topological polar surface area (TPSA) is 128 Å². The largest absolute Gasteiger partial charge is 0.335 e. The Morgan fingerprint density at radius 3 is 2.64 bits per heavy atom. The van der Waals surface area contributed by atoms with Gasteiger partial charge in [-0.3, -0.25) is 24.8 Å². The van der Waals surface area contributed by atoms with Crippen molar-refractivity contribution >= 4 is 33.5 Å². The lowest BCUT2D eigenvalue weighted by Crippen LogP contribution is -2.27. The molecule has 5 aromatic heterocycles. The molecule has 0 unspecified atom stereocenters. The predicted molar refractivity (Wildman–Crippen MR) is 147 cm³/mol. The Morgan fingerprint density at radius 2 is 1.82 bits per heavy atom. The molecule has 11 heteroatoms. The van der Waals surface area contributed by atoms with Gasteiger partial charge in [0.05, 0.1) is 53.1 Å². The highest BCUT2D eigenvalue weighted by atomic mass is 19.1. The number of nitrogens with one attached hydrogen (secondary N) is 3. The number of hydrogen-bond donors (Lipinski definition) is 3. The van der Waals surface area contributed by atoms with Crippen LogP contribution in [0.25, 0.3) is 55.8 Å². The molecule has 0 bridgehead atoms. The van der Waals surface area contributed by atoms with Crippen LogP contribution in [0.1, 0.15) is 5.56 Å². The standard InChI is InChI=1S/C28H24FN9O/c1-15-4-16(6-18(29)5-15)21-11-31-12-24-26(21)35-28(34-24)27-20-8-22(32-13-23(20)36-37-27)17-7-19(10-30-9-17)33-25(39)14-38(2)3/h4-13H,14H2,1-3H3,(H,33,39)(H,34,35)(H,36,37). The molecule has 0 aliphatic carbocycles. The smallest absolute Gasteiger partial charge is 0.238 e. The van der Waals surface area contributed by atoms with Gasteiger partial charge in [-0.05, 0) is 56.4 Å². The number of rotatable bonds is 6. The van der Waals surface area contributed by atoms with Gasteiger partial charge in [-0.15, -0.1) is 0 Å². The Hall–Kier alpha value is -5.03. The molecule has 0 aliphatic rings. The lowest BCUT2D eigenvalue weighted by molar-refractivity contribution is -0.116. The summed E-state index contributed by atoms with van der Waals surface area (Å²) in [6, 6.07) is 8.59. The van der Waals surface area contributed by atoms with Crippen LogP contribution in [0.4, 0.5) is 10.1 Å². The summed E-state index contributed by atoms with van der Waals surface area (Å²) in [6.07, 6.45) is 8.35. The molecule has 0 atom stereocenters. The minimum Gasteiger partial charge on any atom is -0.335 e. The highest BCUT2D eigenvalue weighted by Gasteiger charge is 2.17. The molecule has 0 saturated carbocycles. The van der Waals surface area contributed by atoms with Gasteiger partial charge in [0.2, 0.25) is 5.91 Å². The van der Waals surface area contributed by atoms with Crippen molar-refractivity contribution in [2.24, 2.45) is 0 Å². The number of benzene rings is 1. The van der Waals surface area contributed by atoms with E-state index < -0.39 is 0 Å². The van der Waals surface area contributed by atoms with Crippen molar-refractivity contribution in [3.8, 4) is 33.9 Å². The van der Waals surface area contributed by atoms with E-state index in [0.29, 0.717) is 39.5 Å². The van der Waals surface area contributed by atoms with Gasteiger partial charge in [-0.25, -0.2) is 9.37 Å². The molecule has 10 nitrogen and oxygen atoms in total. The quantitative estimate of drug-likeness (QED) is 0.293. The molecule has 5 heterocycles. The summed E-state index contributed by atoms with van der Waals surface area (Å²) in [6.45, 7) is 2.11. The van der Waals surface area contributed by atoms with E-state index in [1.165, 1.54) is 12.1 Å². The van der Waals surface area contributed by atoms with Crippen molar-refractivity contribution in [2.75, 3.05) is 26.0 Å². The van der Waals surface area contributed by atoms with Crippen LogP contribution in [0.2, 0.25) is 0 Å². The number of aryl methyl sites for hydroxylation is 1. The van der Waals surface area contributed by atoms with Crippen molar-refractivity contribution in [1.29, 1.82) is 0 Å². The number of nitrogens with zero attached hydrogens (tertiary/aromatic N) is 6. The van der Waals surface area contributed by atoms with Crippen LogP contribution in [0.5, 0.6) is 0 Å². The second kappa shape index (κ2) is 9.69. The van der Waals surface area contributed by atoms with E-state index in [1.807, 2.05) is 39.2 Å². The van der Waals surface area contributed by atoms with E-state index >= 15 is 0 Å². The maximum atomic E-state index is 14.1. The average molecular weight is 522 g/mol. The number of H-pyrrole nitrogens is 2. The van der Waals surface area contributed by atoms with E-state index in [4.69, 9.17) is 4.98 Å². The monoisotopic (exact) mass is 521 g/mol. The first-order valence-electron chi connectivity index (χ1n) is 12.2. The summed E-state index contributed by atoms with van der Waals surface area (Å²) < 4.78 is 14.1. The molecule has 39 heavy (non-hydrogen) atoms. The average Bonchev–Trinajstić information content (AvgIpc) is 3.51. The fraction of sp³-hybridized carbons (Fsp3) is 0.143. The van der Waals surface area contributed by atoms with E-state index in [-0.39, 0.29) is 18.3 Å². The van der Waals surface area contributed by atoms with E-state index in [9.17, 15) is 9.18 Å². The predicted octanol–water partition coefficient (Wildman–Crippen LogP) is 4.57. The number of hydrogen-bond acceptors (Lipinski definition) is 7. The first kappa shape index (κ1) is 24.3. The number of likely N-dealkylation sites (N-methyl/N-ethyl adjacent to an activating group) is 1. The van der Waals surface area contributed by atoms with E-state index in [1.54, 1.807) is 35.9 Å². The number of carbonyl (C=O) groups excluding carboxylic acids is 1. The fourth-order valence-electron chi connectivity index (χ4n) is 4.54. The Kier molecular flexibility index (Phi) is 6.04. The summed E-state index contributed by atoms with van der Waals surface area (Å²) in [5, 5.41) is 11.2. The minimum atomic E-state index is -0.313. The van der Waals surface area contributed by atoms with Crippen LogP contribution in [-0.4, -0.2) is 66.6 Å². The molecule has 194 valence electrons. The summed E-state index contributed by atoms with van der Waals surface area (Å²) in [5.41, 5.74) is 6.93. The third kappa shape index (κ3) is 4.82. The summed E-state index contributed by atoms with van der Waals surface area (Å²) in [4.78, 5) is 35.3. The molecule has 1 aromatic carbocycles. The lowest BCUT2D eigenvalue weighted by atomic mass is 10.0. The number of fused-ring (bicyclic) bond motifs is 2. The third-order valence-electron chi connectivity index (χ3n) is 6.20. The summed E-state index contributed by atoms with van der Waals surface area (Å²) in [7, 11) is 3.66. The van der Waals surface area contributed by atoms with Crippen LogP contribution < -0.4 is 5.32 Å². The van der Waals surface area contributed by atoms with Crippen LogP contribution in [0, 0.1) is 12.7 Å². The second-order valence-electron chi connectivity index (χ2n) is 9.62. The molecule has 3 N–H and O–H groups in total. The normalized spacial score (nSPS) is 11.5. The molecule has 0 aliphatic heterocycles. The van der Waals surface area contributed by atoms with E-state index in [2.05, 4.69) is 35.5 Å². The van der Waals surface area contributed by atoms with Crippen molar-refractivity contribution in [3.05, 3.63) is 72.7 Å². The number of imidazole rings is 1. The zero-order valence-electron chi connectivity index (χ0n) is 21.5. The molecular weight excluding hydrogens is 497 g/mol.